The van der Waals surface area contributed by atoms with Crippen LogP contribution < -0.4 is 0 Å². The Morgan fingerprint density at radius 1 is 1.14 bits per heavy atom. The lowest BCUT2D eigenvalue weighted by Gasteiger charge is -2.38. The van der Waals surface area contributed by atoms with Crippen molar-refractivity contribution in [3.63, 3.8) is 0 Å². The molecule has 1 heterocycles. The molecule has 0 radical (unpaired) electrons. The number of hydrogen-bond acceptors (Lipinski definition) is 5. The summed E-state index contributed by atoms with van der Waals surface area (Å²) in [7, 11) is -2.08. The van der Waals surface area contributed by atoms with E-state index in [0.29, 0.717) is 18.6 Å². The van der Waals surface area contributed by atoms with Crippen molar-refractivity contribution < 1.29 is 24.2 Å². The fourth-order valence-electron chi connectivity index (χ4n) is 2.95. The van der Waals surface area contributed by atoms with Crippen LogP contribution in [0.1, 0.15) is 56.0 Å². The van der Waals surface area contributed by atoms with Crippen LogP contribution in [-0.2, 0) is 15.6 Å². The molecule has 0 spiro atoms. The van der Waals surface area contributed by atoms with Gasteiger partial charge in [0.1, 0.15) is 17.1 Å². The third-order valence-electron chi connectivity index (χ3n) is 5.63. The topological polar surface area (TPSA) is 76.0 Å². The summed E-state index contributed by atoms with van der Waals surface area (Å²) in [6.45, 7) is 11.2. The molecule has 2 N–H and O–H groups in total. The van der Waals surface area contributed by atoms with Crippen LogP contribution in [0.5, 0.6) is 11.5 Å². The lowest BCUT2D eigenvalue weighted by atomic mass is 9.99. The van der Waals surface area contributed by atoms with E-state index < -0.39 is 14.3 Å². The van der Waals surface area contributed by atoms with Crippen LogP contribution in [0.3, 0.4) is 0 Å². The first-order chi connectivity index (χ1) is 13.5. The van der Waals surface area contributed by atoms with Crippen molar-refractivity contribution in [3.05, 3.63) is 47.6 Å². The molecule has 5 nitrogen and oxygen atoms in total. The zero-order chi connectivity index (χ0) is 21.7. The number of fused-ring (bicyclic) bond motifs is 1. The van der Waals surface area contributed by atoms with Gasteiger partial charge in [0.2, 0.25) is 0 Å². The third kappa shape index (κ3) is 6.47. The summed E-state index contributed by atoms with van der Waals surface area (Å²) >= 11 is 0. The summed E-state index contributed by atoms with van der Waals surface area (Å²) in [4.78, 5) is 12.6. The van der Waals surface area contributed by atoms with Gasteiger partial charge < -0.3 is 19.4 Å². The van der Waals surface area contributed by atoms with Crippen LogP contribution in [0.2, 0.25) is 18.1 Å². The molecule has 1 unspecified atom stereocenters. The molecule has 6 heteroatoms. The second-order valence-corrected chi connectivity index (χ2v) is 13.8. The number of allylic oxidation sites excluding steroid dienone is 3. The quantitative estimate of drug-likeness (QED) is 0.491. The molecule has 160 valence electrons. The Morgan fingerprint density at radius 3 is 2.55 bits per heavy atom. The van der Waals surface area contributed by atoms with Crippen molar-refractivity contribution in [2.45, 2.75) is 70.7 Å². The molecule has 0 saturated carbocycles. The largest absolute Gasteiger partial charge is 0.508 e. The van der Waals surface area contributed by atoms with Crippen LogP contribution in [0.25, 0.3) is 0 Å². The molecule has 29 heavy (non-hydrogen) atoms. The molecule has 0 saturated heterocycles. The van der Waals surface area contributed by atoms with Gasteiger partial charge in [0.15, 0.2) is 8.32 Å². The molecule has 0 aromatic heterocycles. The molecule has 0 bridgehead atoms. The summed E-state index contributed by atoms with van der Waals surface area (Å²) in [5.74, 6) is -0.933. The first-order valence-electron chi connectivity index (χ1n) is 10.2. The fraction of sp³-hybridized carbons (Fsp3) is 0.522. The van der Waals surface area contributed by atoms with Gasteiger partial charge in [-0.25, -0.2) is 4.79 Å². The minimum absolute atomic E-state index is 0.0263. The molecule has 0 aliphatic carbocycles. The molecular weight excluding hydrogens is 384 g/mol. The Labute approximate surface area is 175 Å². The number of phenols is 2. The predicted molar refractivity (Wildman–Crippen MR) is 118 cm³/mol. The minimum Gasteiger partial charge on any atom is -0.508 e. The van der Waals surface area contributed by atoms with Crippen LogP contribution in [0.4, 0.5) is 0 Å². The van der Waals surface area contributed by atoms with Gasteiger partial charge in [-0.1, -0.05) is 45.1 Å². The number of cyclic esters (lactones) is 1. The van der Waals surface area contributed by atoms with E-state index in [1.54, 1.807) is 0 Å². The standard InChI is InChI=1S/C23H34O5Si/c1-23(2,3)29(4,5)28-19-12-10-8-6-7-9-11-13-27-22(26)21-17(15-19)14-18(24)16-20(21)25/h6,8,10,12,14,16,19,24-25H,7,9,11,13,15H2,1-5H3/b8-6-,12-10+. The smallest absolute Gasteiger partial charge is 0.342 e. The number of carbonyl (C=O) groups is 1. The molecule has 0 amide bonds. The number of benzene rings is 1. The normalized spacial score (nSPS) is 21.6. The van der Waals surface area contributed by atoms with Gasteiger partial charge >= 0.3 is 5.97 Å². The second kappa shape index (κ2) is 9.63. The number of ether oxygens (including phenoxy) is 1. The maximum atomic E-state index is 12.6. The van der Waals surface area contributed by atoms with E-state index in [2.05, 4.69) is 39.9 Å². The Kier molecular flexibility index (Phi) is 7.71. The number of aromatic hydroxyl groups is 2. The van der Waals surface area contributed by atoms with Crippen molar-refractivity contribution in [2.24, 2.45) is 0 Å². The van der Waals surface area contributed by atoms with Crippen molar-refractivity contribution in [2.75, 3.05) is 6.61 Å². The number of phenolic OH excluding ortho intramolecular Hbond substituents is 2. The van der Waals surface area contributed by atoms with Gasteiger partial charge in [-0.3, -0.25) is 0 Å². The average molecular weight is 419 g/mol. The van der Waals surface area contributed by atoms with Crippen molar-refractivity contribution >= 4 is 14.3 Å². The van der Waals surface area contributed by atoms with Crippen LogP contribution in [-0.4, -0.2) is 37.2 Å². The third-order valence-corrected chi connectivity index (χ3v) is 10.1. The van der Waals surface area contributed by atoms with E-state index in [1.807, 2.05) is 18.2 Å². The lowest BCUT2D eigenvalue weighted by Crippen LogP contribution is -2.44. The second-order valence-electron chi connectivity index (χ2n) is 9.06. The molecule has 1 aliphatic rings. The van der Waals surface area contributed by atoms with Crippen LogP contribution in [0.15, 0.2) is 36.4 Å². The summed E-state index contributed by atoms with van der Waals surface area (Å²) in [5, 5.41) is 20.4. The monoisotopic (exact) mass is 418 g/mol. The Bertz CT molecular complexity index is 774. The molecule has 0 fully saturated rings. The van der Waals surface area contributed by atoms with Gasteiger partial charge in [0.05, 0.1) is 12.7 Å². The maximum absolute atomic E-state index is 12.6. The Morgan fingerprint density at radius 2 is 1.86 bits per heavy atom. The minimum atomic E-state index is -2.08. The number of esters is 1. The summed E-state index contributed by atoms with van der Waals surface area (Å²) < 4.78 is 11.9. The zero-order valence-corrected chi connectivity index (χ0v) is 19.2. The van der Waals surface area contributed by atoms with Crippen molar-refractivity contribution in [1.29, 1.82) is 0 Å². The van der Waals surface area contributed by atoms with Crippen LogP contribution in [0, 0.1) is 0 Å². The highest BCUT2D eigenvalue weighted by molar-refractivity contribution is 6.74. The lowest BCUT2D eigenvalue weighted by molar-refractivity contribution is 0.0493. The summed E-state index contributed by atoms with van der Waals surface area (Å²) in [5.41, 5.74) is 0.620. The molecule has 1 aromatic carbocycles. The highest BCUT2D eigenvalue weighted by Gasteiger charge is 2.39. The van der Waals surface area contributed by atoms with Gasteiger partial charge in [0.25, 0.3) is 0 Å². The van der Waals surface area contributed by atoms with Gasteiger partial charge in [0, 0.05) is 12.5 Å². The van der Waals surface area contributed by atoms with E-state index in [-0.39, 0.29) is 28.2 Å². The van der Waals surface area contributed by atoms with Crippen molar-refractivity contribution in [1.82, 2.24) is 0 Å². The number of carbonyl (C=O) groups excluding carboxylic acids is 1. The van der Waals surface area contributed by atoms with Gasteiger partial charge in [-0.15, -0.1) is 0 Å². The Balaban J connectivity index is 2.45. The van der Waals surface area contributed by atoms with E-state index in [4.69, 9.17) is 9.16 Å². The molecule has 2 rings (SSSR count). The highest BCUT2D eigenvalue weighted by Crippen LogP contribution is 2.38. The average Bonchev–Trinajstić information content (AvgIpc) is 2.57. The van der Waals surface area contributed by atoms with E-state index in [0.717, 1.165) is 19.3 Å². The SMILES string of the molecule is CC(C)(C)[Si](C)(C)OC1/C=C/C=C\CCCCOC(=O)c2c(O)cc(O)cc2C1. The zero-order valence-electron chi connectivity index (χ0n) is 18.2. The molecular formula is C23H34O5Si. The predicted octanol–water partition coefficient (Wildman–Crippen LogP) is 5.48. The van der Waals surface area contributed by atoms with Gasteiger partial charge in [-0.05, 0) is 49.0 Å². The summed E-state index contributed by atoms with van der Waals surface area (Å²) in [6, 6.07) is 2.68. The highest BCUT2D eigenvalue weighted by atomic mass is 28.4. The van der Waals surface area contributed by atoms with E-state index in [9.17, 15) is 15.0 Å². The van der Waals surface area contributed by atoms with E-state index >= 15 is 0 Å². The van der Waals surface area contributed by atoms with Crippen LogP contribution >= 0.6 is 0 Å². The first-order valence-corrected chi connectivity index (χ1v) is 13.2. The molecule has 1 atom stereocenters. The Hall–Kier alpha value is -2.05. The summed E-state index contributed by atoms with van der Waals surface area (Å²) in [6.07, 6.45) is 10.7. The molecule has 1 aromatic rings. The number of hydrogen-bond donors (Lipinski definition) is 2. The van der Waals surface area contributed by atoms with Crippen molar-refractivity contribution in [3.8, 4) is 11.5 Å². The number of rotatable bonds is 2. The first kappa shape index (κ1) is 23.2. The molecule has 1 aliphatic heterocycles. The fourth-order valence-corrected chi connectivity index (χ4v) is 4.22. The maximum Gasteiger partial charge on any atom is 0.342 e. The van der Waals surface area contributed by atoms with E-state index in [1.165, 1.54) is 12.1 Å². The van der Waals surface area contributed by atoms with Gasteiger partial charge in [-0.2, -0.15) is 0 Å².